The van der Waals surface area contributed by atoms with Crippen LogP contribution in [0.15, 0.2) is 0 Å². The number of carbonyl (C=O) groups excluding carboxylic acids is 1. The Hall–Kier alpha value is -2.73. The first-order chi connectivity index (χ1) is 12.9. The van der Waals surface area contributed by atoms with Crippen molar-refractivity contribution in [3.8, 4) is 0 Å². The van der Waals surface area contributed by atoms with E-state index in [9.17, 15) is 24.0 Å². The van der Waals surface area contributed by atoms with E-state index < -0.39 is 43.6 Å². The van der Waals surface area contributed by atoms with Gasteiger partial charge in [0.2, 0.25) is 0 Å². The highest BCUT2D eigenvalue weighted by atomic mass is 16.4. The summed E-state index contributed by atoms with van der Waals surface area (Å²) in [6, 6.07) is 0. The maximum Gasteiger partial charge on any atom is 0.407 e. The van der Waals surface area contributed by atoms with E-state index in [1.807, 2.05) is 0 Å². The minimum atomic E-state index is -1.42. The van der Waals surface area contributed by atoms with Crippen LogP contribution in [-0.2, 0) is 19.2 Å². The predicted octanol–water partition coefficient (Wildman–Crippen LogP) is -0.951. The molecule has 0 aliphatic heterocycles. The minimum Gasteiger partial charge on any atom is -0.480 e. The van der Waals surface area contributed by atoms with E-state index in [4.69, 9.17) is 20.4 Å². The lowest BCUT2D eigenvalue weighted by Gasteiger charge is -2.28. The van der Waals surface area contributed by atoms with Gasteiger partial charge in [-0.15, -0.1) is 0 Å². The first kappa shape index (κ1) is 25.3. The zero-order chi connectivity index (χ0) is 21.9. The molecule has 0 aliphatic carbocycles. The van der Waals surface area contributed by atoms with Crippen molar-refractivity contribution in [3.63, 3.8) is 0 Å². The number of rotatable bonds is 15. The summed E-state index contributed by atoms with van der Waals surface area (Å²) in [5.74, 6) is -4.15. The van der Waals surface area contributed by atoms with Gasteiger partial charge in [0.15, 0.2) is 0 Å². The molecule has 0 rings (SSSR count). The van der Waals surface area contributed by atoms with Crippen molar-refractivity contribution < 1.29 is 44.4 Å². The van der Waals surface area contributed by atoms with E-state index >= 15 is 0 Å². The van der Waals surface area contributed by atoms with Crippen LogP contribution in [0.2, 0.25) is 0 Å². The smallest absolute Gasteiger partial charge is 0.407 e. The van der Waals surface area contributed by atoms with Crippen LogP contribution in [0.25, 0.3) is 0 Å². The fraction of sp³-hybridized carbons (Fsp3) is 0.688. The van der Waals surface area contributed by atoms with Crippen LogP contribution in [-0.4, -0.2) is 117 Å². The van der Waals surface area contributed by atoms with Gasteiger partial charge in [-0.25, -0.2) is 4.79 Å². The Kier molecular flexibility index (Phi) is 11.4. The van der Waals surface area contributed by atoms with Gasteiger partial charge in [-0.3, -0.25) is 33.9 Å². The molecule has 0 radical (unpaired) electrons. The van der Waals surface area contributed by atoms with E-state index in [1.54, 1.807) is 18.7 Å². The third-order valence-electron chi connectivity index (χ3n) is 3.76. The zero-order valence-corrected chi connectivity index (χ0v) is 15.9. The molecule has 12 nitrogen and oxygen atoms in total. The molecule has 0 bridgehead atoms. The second-order valence-electron chi connectivity index (χ2n) is 6.49. The number of hydrogen-bond acceptors (Lipinski definition) is 7. The third-order valence-corrected chi connectivity index (χ3v) is 3.76. The molecule has 0 heterocycles. The topological polar surface area (TPSA) is 176 Å². The van der Waals surface area contributed by atoms with Gasteiger partial charge in [0.1, 0.15) is 12.3 Å². The summed E-state index contributed by atoms with van der Waals surface area (Å²) >= 11 is 0. The van der Waals surface area contributed by atoms with Crippen LogP contribution in [0.5, 0.6) is 0 Å². The molecule has 0 fully saturated rings. The number of nitrogens with zero attached hydrogens (tertiary/aromatic N) is 3. The number of carboxylic acid groups (broad SMARTS) is 4. The maximum absolute atomic E-state index is 12.0. The van der Waals surface area contributed by atoms with E-state index in [-0.39, 0.29) is 44.4 Å². The third kappa shape index (κ3) is 11.8. The first-order valence-corrected chi connectivity index (χ1v) is 8.53. The van der Waals surface area contributed by atoms with Crippen LogP contribution in [0.3, 0.4) is 0 Å². The average molecular weight is 405 g/mol. The molecular weight excluding hydrogens is 378 g/mol. The van der Waals surface area contributed by atoms with Gasteiger partial charge in [0.25, 0.3) is 0 Å². The largest absolute Gasteiger partial charge is 0.480 e. The van der Waals surface area contributed by atoms with Gasteiger partial charge >= 0.3 is 24.0 Å². The molecule has 0 aromatic heterocycles. The maximum atomic E-state index is 12.0. The quantitative estimate of drug-likeness (QED) is 0.264. The van der Waals surface area contributed by atoms with Crippen molar-refractivity contribution in [1.29, 1.82) is 0 Å². The molecule has 0 atom stereocenters. The van der Waals surface area contributed by atoms with Crippen LogP contribution in [0, 0.1) is 5.92 Å². The van der Waals surface area contributed by atoms with Crippen LogP contribution < -0.4 is 0 Å². The van der Waals surface area contributed by atoms with Crippen molar-refractivity contribution in [1.82, 2.24) is 14.7 Å². The van der Waals surface area contributed by atoms with Crippen LogP contribution >= 0.6 is 0 Å². The number of ketones is 1. The molecule has 12 heteroatoms. The summed E-state index contributed by atoms with van der Waals surface area (Å²) in [4.78, 5) is 59.1. The van der Waals surface area contributed by atoms with Crippen molar-refractivity contribution >= 4 is 29.8 Å². The number of Topliss-reactive ketones (excluding diaryl/α,β-unsaturated/α-hetero) is 1. The summed E-state index contributed by atoms with van der Waals surface area (Å²) in [5, 5.41) is 35.6. The predicted molar refractivity (Wildman–Crippen MR) is 95.2 cm³/mol. The van der Waals surface area contributed by atoms with Gasteiger partial charge in [0.05, 0.1) is 19.6 Å². The second kappa shape index (κ2) is 12.6. The van der Waals surface area contributed by atoms with Gasteiger partial charge in [-0.1, -0.05) is 13.8 Å². The Bertz CT molecular complexity index is 564. The van der Waals surface area contributed by atoms with Crippen LogP contribution in [0.1, 0.15) is 13.8 Å². The summed E-state index contributed by atoms with van der Waals surface area (Å²) < 4.78 is 0. The SMILES string of the molecule is CC(C)C(=O)CN(CCN(CC(=O)O)CC(=O)O)CCN(CC(=O)O)C(=O)O. The van der Waals surface area contributed by atoms with E-state index in [1.165, 1.54) is 4.90 Å². The highest BCUT2D eigenvalue weighted by Crippen LogP contribution is 2.01. The Labute approximate surface area is 161 Å². The lowest BCUT2D eigenvalue weighted by molar-refractivity contribution is -0.142. The van der Waals surface area contributed by atoms with Crippen molar-refractivity contribution in [2.75, 3.05) is 52.4 Å². The number of aliphatic carboxylic acids is 3. The van der Waals surface area contributed by atoms with Crippen LogP contribution in [0.4, 0.5) is 4.79 Å². The highest BCUT2D eigenvalue weighted by Gasteiger charge is 2.21. The molecule has 0 aromatic rings. The molecule has 28 heavy (non-hydrogen) atoms. The van der Waals surface area contributed by atoms with E-state index in [2.05, 4.69) is 0 Å². The summed E-state index contributed by atoms with van der Waals surface area (Å²) in [7, 11) is 0. The van der Waals surface area contributed by atoms with E-state index in [0.717, 1.165) is 0 Å². The molecule has 4 N–H and O–H groups in total. The number of carbonyl (C=O) groups is 5. The Balaban J connectivity index is 5.04. The normalized spacial score (nSPS) is 11.0. The molecule has 0 saturated heterocycles. The number of hydrogen-bond donors (Lipinski definition) is 4. The highest BCUT2D eigenvalue weighted by molar-refractivity contribution is 5.82. The molecular formula is C16H27N3O9. The number of amides is 1. The molecule has 0 spiro atoms. The Morgan fingerprint density at radius 1 is 0.643 bits per heavy atom. The lowest BCUT2D eigenvalue weighted by Crippen LogP contribution is -2.46. The van der Waals surface area contributed by atoms with Crippen molar-refractivity contribution in [2.45, 2.75) is 13.8 Å². The monoisotopic (exact) mass is 405 g/mol. The second-order valence-corrected chi connectivity index (χ2v) is 6.49. The number of carboxylic acids is 3. The molecule has 0 aromatic carbocycles. The first-order valence-electron chi connectivity index (χ1n) is 8.53. The van der Waals surface area contributed by atoms with Gasteiger partial charge in [-0.05, 0) is 0 Å². The molecule has 0 unspecified atom stereocenters. The van der Waals surface area contributed by atoms with Crippen molar-refractivity contribution in [2.24, 2.45) is 5.92 Å². The minimum absolute atomic E-state index is 0.0238. The van der Waals surface area contributed by atoms with E-state index in [0.29, 0.717) is 4.90 Å². The summed E-state index contributed by atoms with van der Waals surface area (Å²) in [5.41, 5.74) is 0. The Morgan fingerprint density at radius 2 is 1.07 bits per heavy atom. The van der Waals surface area contributed by atoms with Gasteiger partial charge < -0.3 is 20.4 Å². The van der Waals surface area contributed by atoms with Gasteiger partial charge in [0, 0.05) is 32.1 Å². The molecule has 160 valence electrons. The molecule has 0 aliphatic rings. The molecule has 0 saturated carbocycles. The molecule has 1 amide bonds. The van der Waals surface area contributed by atoms with Gasteiger partial charge in [-0.2, -0.15) is 0 Å². The average Bonchev–Trinajstić information content (AvgIpc) is 2.53. The zero-order valence-electron chi connectivity index (χ0n) is 15.9. The summed E-state index contributed by atoms with van der Waals surface area (Å²) in [6.07, 6.45) is -1.42. The Morgan fingerprint density at radius 3 is 1.46 bits per heavy atom. The van der Waals surface area contributed by atoms with Crippen molar-refractivity contribution in [3.05, 3.63) is 0 Å². The lowest BCUT2D eigenvalue weighted by atomic mass is 10.1. The standard InChI is InChI=1S/C16H27N3O9/c1-11(2)12(20)7-17(5-6-19(16(27)28)10-15(25)26)3-4-18(8-13(21)22)9-14(23)24/h11H,3-10H2,1-2H3,(H,21,22)(H,23,24)(H,25,26)(H,27,28). The fourth-order valence-corrected chi connectivity index (χ4v) is 2.22. The fourth-order valence-electron chi connectivity index (χ4n) is 2.22. The summed E-state index contributed by atoms with van der Waals surface area (Å²) in [6.45, 7) is 1.60.